The Bertz CT molecular complexity index is 1840. The number of rotatable bonds is 54. The maximum atomic E-state index is 12.5. The van der Waals surface area contributed by atoms with Crippen molar-refractivity contribution in [2.75, 3.05) is 45.6 Å². The Morgan fingerprint density at radius 3 is 1.75 bits per heavy atom. The van der Waals surface area contributed by atoms with E-state index >= 15 is 0 Å². The van der Waals surface area contributed by atoms with Gasteiger partial charge >= 0.3 is 0 Å². The van der Waals surface area contributed by atoms with Crippen LogP contribution in [0.5, 0.6) is 5.75 Å². The molecular weight excluding hydrogens is 1020 g/mol. The molecule has 0 aliphatic carbocycles. The second kappa shape index (κ2) is 52.4. The average Bonchev–Trinajstić information content (AvgIpc) is 3.46. The molecule has 0 bridgehead atoms. The summed E-state index contributed by atoms with van der Waals surface area (Å²) in [7, 11) is 5.34. The number of hydrazone groups is 1. The molecule has 0 aliphatic heterocycles. The normalized spacial score (nSPS) is 12.4. The molecular formula is C67H111N5O5S2. The topological polar surface area (TPSA) is 125 Å². The van der Waals surface area contributed by atoms with Crippen molar-refractivity contribution < 1.29 is 24.2 Å². The molecule has 0 spiro atoms. The van der Waals surface area contributed by atoms with Gasteiger partial charge in [-0.05, 0) is 176 Å². The molecule has 1 aromatic heterocycles. The SMILES string of the molecule is CCCCC/C=C\C/C=C\CCCCCCCCC(O)(CCCCCCCC/C=C\C/C=C\CCCCC)OCCCN(C)CCCCCCNC(=O)CCCOc1ccc(/C(C)=N/NC(=O)CCSSc2ccccn2)cc1. The molecule has 2 rings (SSSR count). The second-order valence-electron chi connectivity index (χ2n) is 21.4. The van der Waals surface area contributed by atoms with E-state index < -0.39 is 5.79 Å². The predicted octanol–water partition coefficient (Wildman–Crippen LogP) is 18.0. The van der Waals surface area contributed by atoms with E-state index in [0.717, 1.165) is 113 Å². The minimum Gasteiger partial charge on any atom is -0.494 e. The van der Waals surface area contributed by atoms with E-state index in [1.807, 2.05) is 49.4 Å². The second-order valence-corrected chi connectivity index (χ2v) is 23.9. The van der Waals surface area contributed by atoms with Crippen LogP contribution in [-0.2, 0) is 14.3 Å². The summed E-state index contributed by atoms with van der Waals surface area (Å²) < 4.78 is 12.2. The van der Waals surface area contributed by atoms with E-state index in [0.29, 0.717) is 50.5 Å². The summed E-state index contributed by atoms with van der Waals surface area (Å²) in [6.45, 7) is 10.1. The van der Waals surface area contributed by atoms with Crippen molar-refractivity contribution in [1.82, 2.24) is 20.6 Å². The molecule has 446 valence electrons. The largest absolute Gasteiger partial charge is 0.494 e. The first-order valence-electron chi connectivity index (χ1n) is 31.4. The number of hydrogen-bond acceptors (Lipinski definition) is 10. The molecule has 0 radical (unpaired) electrons. The maximum Gasteiger partial charge on any atom is 0.240 e. The van der Waals surface area contributed by atoms with Gasteiger partial charge < -0.3 is 24.8 Å². The minimum absolute atomic E-state index is 0.0651. The number of pyridine rings is 1. The Morgan fingerprint density at radius 2 is 1.16 bits per heavy atom. The van der Waals surface area contributed by atoms with E-state index in [1.165, 1.54) is 116 Å². The Labute approximate surface area is 490 Å². The Balaban J connectivity index is 1.56. The van der Waals surface area contributed by atoms with E-state index in [2.05, 4.69) is 95.2 Å². The summed E-state index contributed by atoms with van der Waals surface area (Å²) in [5.41, 5.74) is 4.25. The lowest BCUT2D eigenvalue weighted by Gasteiger charge is -2.29. The van der Waals surface area contributed by atoms with E-state index in [-0.39, 0.29) is 11.8 Å². The molecule has 0 fully saturated rings. The van der Waals surface area contributed by atoms with Gasteiger partial charge in [0.15, 0.2) is 5.79 Å². The fourth-order valence-corrected chi connectivity index (χ4v) is 10.9. The molecule has 0 unspecified atom stereocenters. The average molecular weight is 1130 g/mol. The van der Waals surface area contributed by atoms with Gasteiger partial charge in [-0.2, -0.15) is 5.10 Å². The third-order valence-electron chi connectivity index (χ3n) is 14.0. The van der Waals surface area contributed by atoms with Crippen LogP contribution in [0.2, 0.25) is 0 Å². The number of unbranched alkanes of at least 4 members (excludes halogenated alkanes) is 21. The van der Waals surface area contributed by atoms with Crippen molar-refractivity contribution in [2.24, 2.45) is 5.10 Å². The molecule has 0 saturated carbocycles. The van der Waals surface area contributed by atoms with Crippen molar-refractivity contribution in [3.63, 3.8) is 0 Å². The van der Waals surface area contributed by atoms with Gasteiger partial charge in [0.05, 0.1) is 18.9 Å². The highest BCUT2D eigenvalue weighted by molar-refractivity contribution is 8.76. The summed E-state index contributed by atoms with van der Waals surface area (Å²) in [5, 5.41) is 20.0. The number of carbonyl (C=O) groups is 2. The van der Waals surface area contributed by atoms with Crippen LogP contribution in [0.1, 0.15) is 245 Å². The van der Waals surface area contributed by atoms with Crippen LogP contribution in [-0.4, -0.2) is 84.0 Å². The number of hydrogen-bond donors (Lipinski definition) is 3. The lowest BCUT2D eigenvalue weighted by molar-refractivity contribution is -0.214. The zero-order valence-electron chi connectivity index (χ0n) is 50.3. The summed E-state index contributed by atoms with van der Waals surface area (Å²) in [6, 6.07) is 13.4. The molecule has 1 heterocycles. The zero-order valence-corrected chi connectivity index (χ0v) is 51.9. The predicted molar refractivity (Wildman–Crippen MR) is 341 cm³/mol. The molecule has 0 saturated heterocycles. The summed E-state index contributed by atoms with van der Waals surface area (Å²) in [6.07, 6.45) is 57.8. The van der Waals surface area contributed by atoms with Gasteiger partial charge in [0, 0.05) is 50.7 Å². The quantitative estimate of drug-likeness (QED) is 0.0148. The number of aromatic nitrogens is 1. The molecule has 12 heteroatoms. The van der Waals surface area contributed by atoms with Crippen LogP contribution in [0.4, 0.5) is 0 Å². The molecule has 1 aromatic carbocycles. The highest BCUT2D eigenvalue weighted by atomic mass is 33.1. The van der Waals surface area contributed by atoms with Crippen LogP contribution in [0, 0.1) is 0 Å². The maximum absolute atomic E-state index is 12.5. The van der Waals surface area contributed by atoms with Crippen molar-refractivity contribution in [1.29, 1.82) is 0 Å². The third-order valence-corrected chi connectivity index (χ3v) is 16.3. The zero-order chi connectivity index (χ0) is 56.8. The molecule has 0 aliphatic rings. The van der Waals surface area contributed by atoms with Gasteiger partial charge in [-0.3, -0.25) is 9.59 Å². The number of carbonyl (C=O) groups excluding carboxylic acids is 2. The van der Waals surface area contributed by atoms with E-state index in [4.69, 9.17) is 9.47 Å². The van der Waals surface area contributed by atoms with Crippen LogP contribution < -0.4 is 15.5 Å². The first kappa shape index (κ1) is 71.4. The lowest BCUT2D eigenvalue weighted by Crippen LogP contribution is -2.33. The first-order chi connectivity index (χ1) is 38.7. The van der Waals surface area contributed by atoms with Crippen molar-refractivity contribution in [2.45, 2.75) is 250 Å². The van der Waals surface area contributed by atoms with E-state index in [1.54, 1.807) is 27.8 Å². The molecule has 0 atom stereocenters. The monoisotopic (exact) mass is 1130 g/mol. The highest BCUT2D eigenvalue weighted by Crippen LogP contribution is 2.29. The van der Waals surface area contributed by atoms with Crippen LogP contribution in [0.25, 0.3) is 0 Å². The number of nitrogens with zero attached hydrogens (tertiary/aromatic N) is 3. The van der Waals surface area contributed by atoms with Crippen molar-refractivity contribution in [3.05, 3.63) is 103 Å². The van der Waals surface area contributed by atoms with Gasteiger partial charge in [0.2, 0.25) is 11.8 Å². The lowest BCUT2D eigenvalue weighted by atomic mass is 9.98. The molecule has 79 heavy (non-hydrogen) atoms. The smallest absolute Gasteiger partial charge is 0.240 e. The molecule has 10 nitrogen and oxygen atoms in total. The number of amides is 2. The van der Waals surface area contributed by atoms with Crippen LogP contribution in [0.15, 0.2) is 107 Å². The van der Waals surface area contributed by atoms with Gasteiger partial charge in [-0.1, -0.05) is 169 Å². The molecule has 2 amide bonds. The summed E-state index contributed by atoms with van der Waals surface area (Å²) in [5.74, 6) is 0.320. The fraction of sp³-hybridized carbons (Fsp3) is 0.672. The summed E-state index contributed by atoms with van der Waals surface area (Å²) >= 11 is 0. The van der Waals surface area contributed by atoms with Crippen LogP contribution in [0.3, 0.4) is 0 Å². The van der Waals surface area contributed by atoms with Gasteiger partial charge in [-0.25, -0.2) is 10.4 Å². The van der Waals surface area contributed by atoms with Crippen molar-refractivity contribution >= 4 is 39.1 Å². The highest BCUT2D eigenvalue weighted by Gasteiger charge is 2.26. The first-order valence-corrected chi connectivity index (χ1v) is 33.7. The number of aliphatic hydroxyl groups is 1. The Kier molecular flexibility index (Phi) is 47.4. The number of allylic oxidation sites excluding steroid dienone is 8. The Morgan fingerprint density at radius 1 is 0.620 bits per heavy atom. The molecule has 2 aromatic rings. The Hall–Kier alpha value is -3.68. The van der Waals surface area contributed by atoms with E-state index in [9.17, 15) is 14.7 Å². The van der Waals surface area contributed by atoms with Crippen LogP contribution >= 0.6 is 21.6 Å². The van der Waals surface area contributed by atoms with Crippen molar-refractivity contribution in [3.8, 4) is 5.75 Å². The van der Waals surface area contributed by atoms with Gasteiger partial charge in [-0.15, -0.1) is 0 Å². The van der Waals surface area contributed by atoms with Gasteiger partial charge in [0.1, 0.15) is 10.8 Å². The molecule has 3 N–H and O–H groups in total. The fourth-order valence-electron chi connectivity index (χ4n) is 9.05. The summed E-state index contributed by atoms with van der Waals surface area (Å²) in [4.78, 5) is 31.4. The number of nitrogens with one attached hydrogen (secondary N) is 2. The standard InChI is InChI=1S/C67H111N5O5S2/c1-5-7-9-11-13-15-17-19-21-23-25-27-29-31-33-38-52-67(75,53-39-34-32-30-28-26-24-22-20-18-16-14-12-10-8-6-2)77-59-44-57-72(4)56-42-36-35-40-54-68-64(73)45-43-58-76-63-49-47-62(48-50-63)61(3)70-71-65(74)51-60-78-79-66-46-37-41-55-69-66/h13-16,19-22,37,41,46-50,55,75H,5-12,17-18,23-36,38-40,42-45,51-54,56-60H2,1-4H3,(H,68,73)(H,71,74)/b15-13-,16-14-,21-19-,22-20-,70-61+. The number of benzene rings is 1. The third kappa shape index (κ3) is 44.6. The number of ether oxygens (including phenoxy) is 2. The minimum atomic E-state index is -1.01. The van der Waals surface area contributed by atoms with Gasteiger partial charge in [0.25, 0.3) is 0 Å².